The van der Waals surface area contributed by atoms with Gasteiger partial charge in [0.25, 0.3) is 0 Å². The fraction of sp³-hybridized carbons (Fsp3) is 0.810. The van der Waals surface area contributed by atoms with Crippen molar-refractivity contribution in [3.05, 3.63) is 11.6 Å². The first-order valence-corrected chi connectivity index (χ1v) is 9.70. The van der Waals surface area contributed by atoms with Crippen molar-refractivity contribution >= 4 is 11.6 Å². The number of hydrogen-bond acceptors (Lipinski definition) is 3. The third kappa shape index (κ3) is 1.88. The molecule has 0 spiro atoms. The van der Waals surface area contributed by atoms with Crippen LogP contribution < -0.4 is 0 Å². The van der Waals surface area contributed by atoms with Gasteiger partial charge in [-0.25, -0.2) is 0 Å². The Morgan fingerprint density at radius 2 is 1.79 bits per heavy atom. The molecular formula is C21H30O3. The predicted molar refractivity (Wildman–Crippen MR) is 92.3 cm³/mol. The molecule has 1 N–H and O–H groups in total. The van der Waals surface area contributed by atoms with Crippen molar-refractivity contribution < 1.29 is 14.7 Å². The van der Waals surface area contributed by atoms with E-state index in [1.807, 2.05) is 6.08 Å². The van der Waals surface area contributed by atoms with E-state index in [4.69, 9.17) is 0 Å². The van der Waals surface area contributed by atoms with Crippen molar-refractivity contribution in [1.29, 1.82) is 0 Å². The molecule has 3 heteroatoms. The maximum Gasteiger partial charge on any atom is 0.161 e. The van der Waals surface area contributed by atoms with Crippen LogP contribution >= 0.6 is 0 Å². The molecule has 0 unspecified atom stereocenters. The summed E-state index contributed by atoms with van der Waals surface area (Å²) >= 11 is 0. The maximum atomic E-state index is 12.2. The number of aliphatic hydroxyl groups is 1. The number of fused-ring (bicyclic) bond motifs is 5. The number of Topliss-reactive ketones (excluding diaryl/α,β-unsaturated/α-hetero) is 1. The van der Waals surface area contributed by atoms with Gasteiger partial charge < -0.3 is 5.11 Å². The van der Waals surface area contributed by atoms with Crippen molar-refractivity contribution in [3.8, 4) is 0 Å². The molecule has 4 aliphatic carbocycles. The molecule has 0 aliphatic heterocycles. The Labute approximate surface area is 144 Å². The lowest BCUT2D eigenvalue weighted by Crippen LogP contribution is -2.57. The summed E-state index contributed by atoms with van der Waals surface area (Å²) in [5, 5.41) is 11.1. The van der Waals surface area contributed by atoms with E-state index < -0.39 is 5.60 Å². The van der Waals surface area contributed by atoms with Gasteiger partial charge in [0.2, 0.25) is 0 Å². The van der Waals surface area contributed by atoms with Crippen LogP contribution in [-0.2, 0) is 9.59 Å². The minimum absolute atomic E-state index is 0.0446. The number of allylic oxidation sites excluding steroid dienone is 1. The second-order valence-electron chi connectivity index (χ2n) is 9.38. The summed E-state index contributed by atoms with van der Waals surface area (Å²) in [6.45, 7) is 6.10. The highest BCUT2D eigenvalue weighted by atomic mass is 16.3. The molecule has 0 radical (unpaired) electrons. The highest BCUT2D eigenvalue weighted by molar-refractivity contribution is 5.91. The van der Waals surface area contributed by atoms with Crippen LogP contribution in [0.2, 0.25) is 0 Å². The van der Waals surface area contributed by atoms with Crippen LogP contribution in [0.1, 0.15) is 72.1 Å². The zero-order valence-corrected chi connectivity index (χ0v) is 15.2. The third-order valence-electron chi connectivity index (χ3n) is 8.70. The molecule has 4 aliphatic rings. The summed E-state index contributed by atoms with van der Waals surface area (Å²) in [6, 6.07) is 0. The van der Waals surface area contributed by atoms with Crippen molar-refractivity contribution in [2.24, 2.45) is 28.6 Å². The monoisotopic (exact) mass is 330 g/mol. The molecule has 0 heterocycles. The number of rotatable bonds is 1. The molecule has 0 amide bonds. The fourth-order valence-corrected chi connectivity index (χ4v) is 7.15. The van der Waals surface area contributed by atoms with Gasteiger partial charge in [-0.15, -0.1) is 0 Å². The molecule has 132 valence electrons. The van der Waals surface area contributed by atoms with Crippen molar-refractivity contribution in [3.63, 3.8) is 0 Å². The molecule has 6 atom stereocenters. The Morgan fingerprint density at radius 3 is 2.50 bits per heavy atom. The zero-order chi connectivity index (χ0) is 17.3. The second kappa shape index (κ2) is 5.03. The molecule has 0 aromatic carbocycles. The first-order chi connectivity index (χ1) is 11.2. The number of hydrogen-bond donors (Lipinski definition) is 1. The number of carbonyl (C=O) groups is 2. The Hall–Kier alpha value is -0.960. The quantitative estimate of drug-likeness (QED) is 0.795. The van der Waals surface area contributed by atoms with Crippen LogP contribution in [0.5, 0.6) is 0 Å². The Morgan fingerprint density at radius 1 is 1.08 bits per heavy atom. The molecule has 0 saturated heterocycles. The maximum absolute atomic E-state index is 12.2. The lowest BCUT2D eigenvalue weighted by molar-refractivity contribution is -0.160. The SMILES string of the molecule is CC(=O)[C@@]1(O)CC[C@H]2[C@@H]3CCC4=CC(=O)CC[C@]4(C)[C@@H]3CC[C@]21C. The van der Waals surface area contributed by atoms with E-state index in [1.165, 1.54) is 5.57 Å². The standard InChI is InChI=1S/C21H30O3/c1-13(22)21(24)11-8-18-16-5-4-14-12-15(23)6-9-19(14,2)17(16)7-10-20(18,21)3/h12,16-18,24H,4-11H2,1-3H3/t16-,17-,18+,19+,20-,21+/m1/s1. The van der Waals surface area contributed by atoms with Gasteiger partial charge in [0.05, 0.1) is 0 Å². The van der Waals surface area contributed by atoms with E-state index in [2.05, 4.69) is 13.8 Å². The Kier molecular flexibility index (Phi) is 3.46. The van der Waals surface area contributed by atoms with Gasteiger partial charge in [-0.3, -0.25) is 9.59 Å². The minimum Gasteiger partial charge on any atom is -0.382 e. The normalized spacial score (nSPS) is 50.6. The zero-order valence-electron chi connectivity index (χ0n) is 15.2. The summed E-state index contributed by atoms with van der Waals surface area (Å²) in [5.74, 6) is 1.90. The van der Waals surface area contributed by atoms with Crippen LogP contribution in [0.4, 0.5) is 0 Å². The minimum atomic E-state index is -1.12. The summed E-state index contributed by atoms with van der Waals surface area (Å²) in [6.07, 6.45) is 9.37. The summed E-state index contributed by atoms with van der Waals surface area (Å²) in [7, 11) is 0. The molecule has 4 rings (SSSR count). The molecule has 0 aromatic rings. The Bertz CT molecular complexity index is 635. The van der Waals surface area contributed by atoms with E-state index in [0.29, 0.717) is 36.4 Å². The average Bonchev–Trinajstić information content (AvgIpc) is 2.81. The lowest BCUT2D eigenvalue weighted by atomic mass is 9.46. The van der Waals surface area contributed by atoms with Crippen LogP contribution in [0.3, 0.4) is 0 Å². The Balaban J connectivity index is 1.70. The highest BCUT2D eigenvalue weighted by Gasteiger charge is 2.65. The van der Waals surface area contributed by atoms with Gasteiger partial charge in [-0.2, -0.15) is 0 Å². The van der Waals surface area contributed by atoms with Gasteiger partial charge in [-0.1, -0.05) is 19.4 Å². The molecule has 0 bridgehead atoms. The van der Waals surface area contributed by atoms with Crippen LogP contribution in [0.15, 0.2) is 11.6 Å². The van der Waals surface area contributed by atoms with Crippen molar-refractivity contribution in [2.45, 2.75) is 77.7 Å². The molecule has 24 heavy (non-hydrogen) atoms. The number of ketones is 2. The largest absolute Gasteiger partial charge is 0.382 e. The topological polar surface area (TPSA) is 54.4 Å². The van der Waals surface area contributed by atoms with Crippen LogP contribution in [-0.4, -0.2) is 22.3 Å². The van der Waals surface area contributed by atoms with Gasteiger partial charge in [0.15, 0.2) is 11.6 Å². The van der Waals surface area contributed by atoms with E-state index in [-0.39, 0.29) is 16.6 Å². The van der Waals surface area contributed by atoms with Crippen molar-refractivity contribution in [1.82, 2.24) is 0 Å². The average molecular weight is 330 g/mol. The van der Waals surface area contributed by atoms with Gasteiger partial charge in [-0.05, 0) is 81.1 Å². The van der Waals surface area contributed by atoms with E-state index in [0.717, 1.165) is 38.5 Å². The molecule has 3 saturated carbocycles. The van der Waals surface area contributed by atoms with Gasteiger partial charge in [0.1, 0.15) is 5.60 Å². The van der Waals surface area contributed by atoms with Gasteiger partial charge >= 0.3 is 0 Å². The first kappa shape index (κ1) is 16.5. The van der Waals surface area contributed by atoms with E-state index in [1.54, 1.807) is 6.92 Å². The fourth-order valence-electron chi connectivity index (χ4n) is 7.15. The van der Waals surface area contributed by atoms with E-state index in [9.17, 15) is 14.7 Å². The number of carbonyl (C=O) groups excluding carboxylic acids is 2. The second-order valence-corrected chi connectivity index (χ2v) is 9.38. The highest BCUT2D eigenvalue weighted by Crippen LogP contribution is 2.67. The van der Waals surface area contributed by atoms with Gasteiger partial charge in [0, 0.05) is 11.8 Å². The summed E-state index contributed by atoms with van der Waals surface area (Å²) < 4.78 is 0. The predicted octanol–water partition coefficient (Wildman–Crippen LogP) is 3.84. The van der Waals surface area contributed by atoms with E-state index >= 15 is 0 Å². The van der Waals surface area contributed by atoms with Crippen LogP contribution in [0.25, 0.3) is 0 Å². The smallest absolute Gasteiger partial charge is 0.161 e. The lowest BCUT2D eigenvalue weighted by Gasteiger charge is -2.58. The molecular weight excluding hydrogens is 300 g/mol. The molecule has 0 aromatic heterocycles. The van der Waals surface area contributed by atoms with Crippen molar-refractivity contribution in [2.75, 3.05) is 0 Å². The summed E-state index contributed by atoms with van der Waals surface area (Å²) in [5.41, 5.74) is 0.155. The molecule has 3 fully saturated rings. The molecule has 3 nitrogen and oxygen atoms in total. The van der Waals surface area contributed by atoms with Crippen LogP contribution in [0, 0.1) is 28.6 Å². The summed E-state index contributed by atoms with van der Waals surface area (Å²) in [4.78, 5) is 24.1. The third-order valence-corrected chi connectivity index (χ3v) is 8.70. The first-order valence-electron chi connectivity index (χ1n) is 9.70.